The van der Waals surface area contributed by atoms with Gasteiger partial charge in [-0.15, -0.1) is 10.2 Å². The molecule has 2 aromatic heterocycles. The minimum atomic E-state index is -0.185. The van der Waals surface area contributed by atoms with Gasteiger partial charge in [0.1, 0.15) is 18.5 Å². The summed E-state index contributed by atoms with van der Waals surface area (Å²) >= 11 is 7.44. The summed E-state index contributed by atoms with van der Waals surface area (Å²) in [6.45, 7) is 2.55. The van der Waals surface area contributed by atoms with Crippen LogP contribution in [0.5, 0.6) is 0 Å². The molecule has 8 nitrogen and oxygen atoms in total. The van der Waals surface area contributed by atoms with Crippen LogP contribution in [0.3, 0.4) is 0 Å². The van der Waals surface area contributed by atoms with Crippen molar-refractivity contribution in [2.75, 3.05) is 11.1 Å². The van der Waals surface area contributed by atoms with Crippen molar-refractivity contribution in [2.45, 2.75) is 18.6 Å². The molecule has 0 radical (unpaired) electrons. The lowest BCUT2D eigenvalue weighted by Crippen LogP contribution is -2.16. The van der Waals surface area contributed by atoms with E-state index < -0.39 is 0 Å². The average Bonchev–Trinajstić information content (AvgIpc) is 3.39. The molecule has 0 aliphatic carbocycles. The second kappa shape index (κ2) is 9.10. The van der Waals surface area contributed by atoms with E-state index in [1.807, 2.05) is 41.8 Å². The molecule has 0 saturated heterocycles. The minimum Gasteiger partial charge on any atom is -0.323 e. The summed E-state index contributed by atoms with van der Waals surface area (Å²) in [5, 5.41) is 16.6. The van der Waals surface area contributed by atoms with Gasteiger partial charge in [0.05, 0.1) is 23.7 Å². The maximum absolute atomic E-state index is 12.6. The second-order valence-electron chi connectivity index (χ2n) is 6.44. The number of benzene rings is 2. The molecule has 0 fully saturated rings. The van der Waals surface area contributed by atoms with Crippen LogP contribution in [0.15, 0.2) is 66.3 Å². The Morgan fingerprint density at radius 1 is 1.17 bits per heavy atom. The van der Waals surface area contributed by atoms with Crippen LogP contribution in [0.1, 0.15) is 11.4 Å². The van der Waals surface area contributed by atoms with E-state index in [2.05, 4.69) is 25.6 Å². The summed E-state index contributed by atoms with van der Waals surface area (Å²) in [7, 11) is 0. The first-order valence-corrected chi connectivity index (χ1v) is 10.5. The van der Waals surface area contributed by atoms with Crippen LogP contribution in [0.2, 0.25) is 5.02 Å². The molecule has 30 heavy (non-hydrogen) atoms. The standard InChI is InChI=1S/C20H18ClN7OS/c1-14-25-26-20(27(14)10-15-5-3-2-4-6-15)30-11-19(29)24-17-9-16(21)7-8-18(17)28-13-22-12-23-28/h2-9,12-13H,10-11H2,1H3,(H,24,29). The molecule has 0 aliphatic heterocycles. The second-order valence-corrected chi connectivity index (χ2v) is 7.82. The number of thioether (sulfide) groups is 1. The first kappa shape index (κ1) is 20.1. The number of aromatic nitrogens is 6. The monoisotopic (exact) mass is 439 g/mol. The lowest BCUT2D eigenvalue weighted by Gasteiger charge is -2.12. The molecule has 0 spiro atoms. The number of hydrogen-bond acceptors (Lipinski definition) is 6. The Balaban J connectivity index is 1.45. The van der Waals surface area contributed by atoms with Gasteiger partial charge in [-0.2, -0.15) is 5.10 Å². The van der Waals surface area contributed by atoms with E-state index >= 15 is 0 Å². The molecule has 1 amide bonds. The van der Waals surface area contributed by atoms with Gasteiger partial charge in [-0.05, 0) is 30.7 Å². The summed E-state index contributed by atoms with van der Waals surface area (Å²) < 4.78 is 3.56. The number of carbonyl (C=O) groups is 1. The van der Waals surface area contributed by atoms with Crippen LogP contribution < -0.4 is 5.32 Å². The predicted octanol–water partition coefficient (Wildman–Crippen LogP) is 3.60. The fraction of sp³-hybridized carbons (Fsp3) is 0.150. The molecule has 0 bridgehead atoms. The fourth-order valence-corrected chi connectivity index (χ4v) is 3.83. The molecular formula is C20H18ClN7OS. The van der Waals surface area contributed by atoms with Crippen molar-refractivity contribution in [3.63, 3.8) is 0 Å². The van der Waals surface area contributed by atoms with E-state index in [9.17, 15) is 4.79 Å². The van der Waals surface area contributed by atoms with Gasteiger partial charge in [0.15, 0.2) is 5.16 Å². The number of anilines is 1. The van der Waals surface area contributed by atoms with Crippen molar-refractivity contribution in [2.24, 2.45) is 0 Å². The molecule has 0 atom stereocenters. The molecule has 2 aromatic carbocycles. The van der Waals surface area contributed by atoms with Gasteiger partial charge in [0, 0.05) is 5.02 Å². The molecule has 4 rings (SSSR count). The predicted molar refractivity (Wildman–Crippen MR) is 116 cm³/mol. The maximum atomic E-state index is 12.6. The van der Waals surface area contributed by atoms with E-state index in [1.165, 1.54) is 18.1 Å². The molecule has 0 saturated carbocycles. The van der Waals surface area contributed by atoms with Gasteiger partial charge in [0.25, 0.3) is 0 Å². The molecule has 10 heteroatoms. The van der Waals surface area contributed by atoms with E-state index in [0.717, 1.165) is 11.4 Å². The Bertz CT molecular complexity index is 1150. The van der Waals surface area contributed by atoms with Gasteiger partial charge < -0.3 is 9.88 Å². The normalized spacial score (nSPS) is 10.9. The summed E-state index contributed by atoms with van der Waals surface area (Å²) in [5.74, 6) is 0.789. The Hall–Kier alpha value is -3.17. The summed E-state index contributed by atoms with van der Waals surface area (Å²) in [6, 6.07) is 15.3. The zero-order valence-corrected chi connectivity index (χ0v) is 17.6. The van der Waals surface area contributed by atoms with Crippen LogP contribution in [-0.4, -0.2) is 41.2 Å². The SMILES string of the molecule is Cc1nnc(SCC(=O)Nc2cc(Cl)ccc2-n2cncn2)n1Cc1ccccc1. The summed E-state index contributed by atoms with van der Waals surface area (Å²) in [5.41, 5.74) is 2.38. The van der Waals surface area contributed by atoms with Gasteiger partial charge in [-0.3, -0.25) is 4.79 Å². The third-order valence-electron chi connectivity index (χ3n) is 4.32. The number of nitrogens with one attached hydrogen (secondary N) is 1. The summed E-state index contributed by atoms with van der Waals surface area (Å²) in [6.07, 6.45) is 2.99. The van der Waals surface area contributed by atoms with Crippen molar-refractivity contribution in [1.29, 1.82) is 0 Å². The third-order valence-corrected chi connectivity index (χ3v) is 5.52. The van der Waals surface area contributed by atoms with E-state index in [0.29, 0.717) is 28.1 Å². The zero-order valence-electron chi connectivity index (χ0n) is 16.1. The lowest BCUT2D eigenvalue weighted by atomic mass is 10.2. The van der Waals surface area contributed by atoms with Crippen LogP contribution in [0.25, 0.3) is 5.69 Å². The summed E-state index contributed by atoms with van der Waals surface area (Å²) in [4.78, 5) is 16.6. The fourth-order valence-electron chi connectivity index (χ4n) is 2.87. The van der Waals surface area contributed by atoms with Crippen LogP contribution in [0, 0.1) is 6.92 Å². The van der Waals surface area contributed by atoms with E-state index in [1.54, 1.807) is 29.2 Å². The Labute approximate surface area is 182 Å². The average molecular weight is 440 g/mol. The number of halogens is 1. The van der Waals surface area contributed by atoms with E-state index in [-0.39, 0.29) is 11.7 Å². The van der Waals surface area contributed by atoms with Gasteiger partial charge in [-0.1, -0.05) is 53.7 Å². The van der Waals surface area contributed by atoms with Gasteiger partial charge >= 0.3 is 0 Å². The van der Waals surface area contributed by atoms with Crippen molar-refractivity contribution in [3.05, 3.63) is 77.6 Å². The smallest absolute Gasteiger partial charge is 0.234 e. The van der Waals surface area contributed by atoms with Crippen molar-refractivity contribution >= 4 is 35.0 Å². The Kier molecular flexibility index (Phi) is 6.10. The first-order chi connectivity index (χ1) is 14.6. The molecular weight excluding hydrogens is 422 g/mol. The number of hydrogen-bond donors (Lipinski definition) is 1. The minimum absolute atomic E-state index is 0.177. The van der Waals surface area contributed by atoms with Crippen molar-refractivity contribution < 1.29 is 4.79 Å². The maximum Gasteiger partial charge on any atom is 0.234 e. The first-order valence-electron chi connectivity index (χ1n) is 9.11. The van der Waals surface area contributed by atoms with Gasteiger partial charge in [-0.25, -0.2) is 9.67 Å². The van der Waals surface area contributed by atoms with Crippen LogP contribution in [-0.2, 0) is 11.3 Å². The number of amides is 1. The number of aryl methyl sites for hydroxylation is 1. The number of nitrogens with zero attached hydrogens (tertiary/aromatic N) is 6. The number of rotatable bonds is 7. The molecule has 2 heterocycles. The highest BCUT2D eigenvalue weighted by molar-refractivity contribution is 7.99. The molecule has 1 N–H and O–H groups in total. The van der Waals surface area contributed by atoms with Gasteiger partial charge in [0.2, 0.25) is 5.91 Å². The van der Waals surface area contributed by atoms with E-state index in [4.69, 9.17) is 11.6 Å². The third kappa shape index (κ3) is 4.69. The molecule has 4 aromatic rings. The quantitative estimate of drug-likeness (QED) is 0.442. The van der Waals surface area contributed by atoms with Crippen molar-refractivity contribution in [1.82, 2.24) is 29.5 Å². The molecule has 152 valence electrons. The molecule has 0 aliphatic rings. The largest absolute Gasteiger partial charge is 0.323 e. The zero-order chi connectivity index (χ0) is 20.9. The highest BCUT2D eigenvalue weighted by Gasteiger charge is 2.14. The van der Waals surface area contributed by atoms with Crippen LogP contribution in [0.4, 0.5) is 5.69 Å². The lowest BCUT2D eigenvalue weighted by molar-refractivity contribution is -0.113. The number of carbonyl (C=O) groups excluding carboxylic acids is 1. The van der Waals surface area contributed by atoms with Crippen LogP contribution >= 0.6 is 23.4 Å². The Morgan fingerprint density at radius 2 is 2.00 bits per heavy atom. The molecule has 0 unspecified atom stereocenters. The topological polar surface area (TPSA) is 90.5 Å². The highest BCUT2D eigenvalue weighted by atomic mass is 35.5. The van der Waals surface area contributed by atoms with Crippen molar-refractivity contribution in [3.8, 4) is 5.69 Å². The highest BCUT2D eigenvalue weighted by Crippen LogP contribution is 2.25. The Morgan fingerprint density at radius 3 is 2.77 bits per heavy atom.